The van der Waals surface area contributed by atoms with Gasteiger partial charge in [-0.15, -0.1) is 0 Å². The van der Waals surface area contributed by atoms with E-state index in [4.69, 9.17) is 0 Å². The van der Waals surface area contributed by atoms with Crippen LogP contribution in [0.15, 0.2) is 53.7 Å². The van der Waals surface area contributed by atoms with E-state index in [1.54, 1.807) is 26.2 Å². The number of hydrogen-bond acceptors (Lipinski definition) is 6. The van der Waals surface area contributed by atoms with Gasteiger partial charge in [-0.2, -0.15) is 4.98 Å². The van der Waals surface area contributed by atoms with Gasteiger partial charge in [0.15, 0.2) is 0 Å². The van der Waals surface area contributed by atoms with E-state index in [9.17, 15) is 14.0 Å². The Kier molecular flexibility index (Phi) is 5.86. The lowest BCUT2D eigenvalue weighted by Crippen LogP contribution is -2.35. The van der Waals surface area contributed by atoms with Gasteiger partial charge in [-0.05, 0) is 73.4 Å². The van der Waals surface area contributed by atoms with Crippen LogP contribution in [0.5, 0.6) is 0 Å². The summed E-state index contributed by atoms with van der Waals surface area (Å²) in [4.78, 5) is 39.1. The van der Waals surface area contributed by atoms with Gasteiger partial charge in [0.25, 0.3) is 0 Å². The molecule has 2 amide bonds. The fourth-order valence-corrected chi connectivity index (χ4v) is 4.94. The number of pyridine rings is 1. The summed E-state index contributed by atoms with van der Waals surface area (Å²) in [5.41, 5.74) is 2.44. The van der Waals surface area contributed by atoms with Crippen LogP contribution in [0.1, 0.15) is 18.4 Å². The molecule has 0 bridgehead atoms. The number of aromatic nitrogens is 3. The average molecular weight is 530 g/mol. The number of fused-ring (bicyclic) bond motifs is 3. The Labute approximate surface area is 222 Å². The highest BCUT2D eigenvalue weighted by atomic mass is 19.1. The lowest BCUT2D eigenvalue weighted by Gasteiger charge is -2.20. The fraction of sp³-hybridized carbons (Fsp3) is 0.250. The molecule has 6 rings (SSSR count). The third-order valence-electron chi connectivity index (χ3n) is 7.27. The van der Waals surface area contributed by atoms with Crippen molar-refractivity contribution in [2.45, 2.75) is 26.3 Å². The van der Waals surface area contributed by atoms with Crippen LogP contribution in [-0.2, 0) is 16.1 Å². The minimum absolute atomic E-state index is 0.0188. The van der Waals surface area contributed by atoms with Crippen LogP contribution in [0.3, 0.4) is 0 Å². The Bertz CT molecular complexity index is 1680. The molecule has 2 aromatic rings. The second-order valence-electron chi connectivity index (χ2n) is 9.80. The summed E-state index contributed by atoms with van der Waals surface area (Å²) in [6.45, 7) is 3.19. The Morgan fingerprint density at radius 1 is 1.05 bits per heavy atom. The van der Waals surface area contributed by atoms with E-state index in [0.717, 1.165) is 28.3 Å². The molecular weight excluding hydrogens is 504 g/mol. The molecule has 2 aromatic carbocycles. The predicted octanol–water partition coefficient (Wildman–Crippen LogP) is 3.95. The monoisotopic (exact) mass is 529 g/mol. The first-order valence-corrected chi connectivity index (χ1v) is 12.6. The van der Waals surface area contributed by atoms with E-state index in [1.165, 1.54) is 30.3 Å². The maximum absolute atomic E-state index is 15.1. The van der Waals surface area contributed by atoms with Crippen molar-refractivity contribution >= 4 is 29.0 Å². The molecule has 3 N–H and O–H groups in total. The summed E-state index contributed by atoms with van der Waals surface area (Å²) >= 11 is 0. The highest BCUT2D eigenvalue weighted by Crippen LogP contribution is 2.48. The molecule has 3 heterocycles. The van der Waals surface area contributed by atoms with Crippen molar-refractivity contribution in [2.75, 3.05) is 29.5 Å². The second kappa shape index (κ2) is 9.26. The summed E-state index contributed by atoms with van der Waals surface area (Å²) in [7, 11) is 1.63. The van der Waals surface area contributed by atoms with Crippen LogP contribution in [-0.4, -0.2) is 39.9 Å². The van der Waals surface area contributed by atoms with Crippen LogP contribution in [0.4, 0.5) is 26.0 Å². The smallest absolute Gasteiger partial charge is 0.246 e. The molecule has 0 unspecified atom stereocenters. The summed E-state index contributed by atoms with van der Waals surface area (Å²) in [5.74, 6) is -0.563. The number of aryl methyl sites for hydroxylation is 1. The van der Waals surface area contributed by atoms with E-state index in [-0.39, 0.29) is 5.69 Å². The molecule has 0 saturated heterocycles. The molecule has 39 heavy (non-hydrogen) atoms. The molecule has 1 aliphatic carbocycles. The maximum Gasteiger partial charge on any atom is 0.246 e. The number of halogens is 2. The highest BCUT2D eigenvalue weighted by molar-refractivity contribution is 6.17. The minimum atomic E-state index is -1.31. The maximum atomic E-state index is 15.1. The van der Waals surface area contributed by atoms with Gasteiger partial charge in [-0.1, -0.05) is 0 Å². The predicted molar refractivity (Wildman–Crippen MR) is 142 cm³/mol. The molecule has 9 nitrogen and oxygen atoms in total. The average Bonchev–Trinajstić information content (AvgIpc) is 3.60. The van der Waals surface area contributed by atoms with Crippen molar-refractivity contribution < 1.29 is 18.4 Å². The molecule has 0 spiro atoms. The standard InChI is InChI=1S/C28H25F2N7O2/c1-15-11-21(30)22(35-26(39)28(7-8-28)25(38)34-18-5-3-17(29)4-6-18)13-19(15)20-12-16-14-33-27(31-2)36-23(16)37-10-9-32-24(20)37/h3-6,11-14,32H,7-10H2,1-2H3,(H,34,38)(H,35,39). The van der Waals surface area contributed by atoms with Crippen molar-refractivity contribution in [3.05, 3.63) is 71.5 Å². The zero-order chi connectivity index (χ0) is 27.3. The topological polar surface area (TPSA) is 113 Å². The Morgan fingerprint density at radius 3 is 2.51 bits per heavy atom. The number of nitrogens with one attached hydrogen (secondary N) is 3. The molecule has 11 heteroatoms. The number of nitrogens with zero attached hydrogens (tertiary/aromatic N) is 4. The molecule has 3 aliphatic heterocycles. The molecule has 0 aromatic heterocycles. The quantitative estimate of drug-likeness (QED) is 0.339. The van der Waals surface area contributed by atoms with Crippen molar-refractivity contribution in [3.63, 3.8) is 0 Å². The first-order valence-electron chi connectivity index (χ1n) is 12.6. The third-order valence-corrected chi connectivity index (χ3v) is 7.27. The van der Waals surface area contributed by atoms with Gasteiger partial charge in [0, 0.05) is 43.1 Å². The van der Waals surface area contributed by atoms with E-state index in [2.05, 4.69) is 30.9 Å². The van der Waals surface area contributed by atoms with Gasteiger partial charge in [0.05, 0.1) is 5.69 Å². The van der Waals surface area contributed by atoms with Gasteiger partial charge in [0.1, 0.15) is 28.7 Å². The first-order chi connectivity index (χ1) is 18.8. The minimum Gasteiger partial charge on any atom is -0.369 e. The number of carbonyl (C=O) groups is 2. The second-order valence-corrected chi connectivity index (χ2v) is 9.80. The number of amides is 2. The highest BCUT2D eigenvalue weighted by Gasteiger charge is 2.56. The van der Waals surface area contributed by atoms with Gasteiger partial charge in [-0.3, -0.25) is 14.6 Å². The zero-order valence-electron chi connectivity index (χ0n) is 21.3. The third kappa shape index (κ3) is 4.29. The molecule has 0 atom stereocenters. The number of anilines is 3. The van der Waals surface area contributed by atoms with Crippen LogP contribution >= 0.6 is 0 Å². The lowest BCUT2D eigenvalue weighted by atomic mass is 9.97. The summed E-state index contributed by atoms with van der Waals surface area (Å²) in [6, 6.07) is 10.2. The van der Waals surface area contributed by atoms with Gasteiger partial charge >= 0.3 is 0 Å². The number of carbonyl (C=O) groups excluding carboxylic acids is 2. The molecule has 1 fully saturated rings. The molecule has 4 aliphatic rings. The molecule has 1 saturated carbocycles. The summed E-state index contributed by atoms with van der Waals surface area (Å²) in [5, 5.41) is 8.70. The van der Waals surface area contributed by atoms with E-state index < -0.39 is 28.9 Å². The lowest BCUT2D eigenvalue weighted by molar-refractivity contribution is -0.131. The van der Waals surface area contributed by atoms with E-state index in [1.807, 2.05) is 10.6 Å². The normalized spacial score (nSPS) is 15.5. The van der Waals surface area contributed by atoms with E-state index >= 15 is 4.39 Å². The SMILES string of the molecule is CN=c1ncc2cc(-c3cc(NC(=O)C4(C(=O)Nc5ccc(F)cc5)CC4)c(F)cc3C)c3n(c-2n1)CCN3. The zero-order valence-corrected chi connectivity index (χ0v) is 21.3. The largest absolute Gasteiger partial charge is 0.369 e. The Morgan fingerprint density at radius 2 is 1.79 bits per heavy atom. The first kappa shape index (κ1) is 24.7. The molecular formula is C28H25F2N7O2. The van der Waals surface area contributed by atoms with Crippen molar-refractivity contribution in [1.82, 2.24) is 14.5 Å². The van der Waals surface area contributed by atoms with Crippen LogP contribution in [0.25, 0.3) is 22.5 Å². The summed E-state index contributed by atoms with van der Waals surface area (Å²) in [6.07, 6.45) is 2.37. The molecule has 0 radical (unpaired) electrons. The van der Waals surface area contributed by atoms with Crippen LogP contribution in [0.2, 0.25) is 0 Å². The van der Waals surface area contributed by atoms with Gasteiger partial charge in [0.2, 0.25) is 17.4 Å². The number of rotatable bonds is 5. The van der Waals surface area contributed by atoms with Crippen molar-refractivity contribution in [2.24, 2.45) is 10.4 Å². The fourth-order valence-electron chi connectivity index (χ4n) is 4.94. The van der Waals surface area contributed by atoms with Gasteiger partial charge < -0.3 is 20.5 Å². The Balaban J connectivity index is 1.33. The number of hydrogen-bond donors (Lipinski definition) is 3. The number of benzene rings is 2. The van der Waals surface area contributed by atoms with Crippen molar-refractivity contribution in [3.8, 4) is 22.5 Å². The van der Waals surface area contributed by atoms with Gasteiger partial charge in [-0.25, -0.2) is 13.8 Å². The van der Waals surface area contributed by atoms with Crippen LogP contribution in [0, 0.1) is 24.0 Å². The van der Waals surface area contributed by atoms with E-state index in [0.29, 0.717) is 42.8 Å². The molecule has 198 valence electrons. The van der Waals surface area contributed by atoms with Crippen LogP contribution < -0.4 is 21.6 Å². The Hall–Kier alpha value is -4.67. The van der Waals surface area contributed by atoms with Crippen molar-refractivity contribution in [1.29, 1.82) is 0 Å². The summed E-state index contributed by atoms with van der Waals surface area (Å²) < 4.78 is 30.4.